The molecule has 0 saturated carbocycles. The molecule has 0 unspecified atom stereocenters. The number of benzene rings is 2. The molecule has 0 fully saturated rings. The average molecular weight is 355 g/mol. The van der Waals surface area contributed by atoms with Gasteiger partial charge in [0.15, 0.2) is 0 Å². The SMILES string of the molecule is Cc1coc2ccc3c(=O)c(-c4ccccc4Br)coc3c12. The molecule has 4 rings (SSSR count). The first-order valence-electron chi connectivity index (χ1n) is 6.84. The molecule has 4 heteroatoms. The molecule has 0 N–H and O–H groups in total. The number of fused-ring (bicyclic) bond motifs is 3. The number of furan rings is 1. The van der Waals surface area contributed by atoms with Gasteiger partial charge in [-0.15, -0.1) is 0 Å². The van der Waals surface area contributed by atoms with Crippen LogP contribution in [0, 0.1) is 6.92 Å². The van der Waals surface area contributed by atoms with Crippen molar-refractivity contribution in [1.82, 2.24) is 0 Å². The molecular weight excluding hydrogens is 344 g/mol. The van der Waals surface area contributed by atoms with Gasteiger partial charge in [-0.25, -0.2) is 0 Å². The zero-order valence-corrected chi connectivity index (χ0v) is 13.3. The van der Waals surface area contributed by atoms with E-state index in [9.17, 15) is 4.79 Å². The number of aryl methyl sites for hydroxylation is 1. The Balaban J connectivity index is 2.11. The highest BCUT2D eigenvalue weighted by atomic mass is 79.9. The third kappa shape index (κ3) is 1.84. The third-order valence-corrected chi connectivity index (χ3v) is 4.52. The highest BCUT2D eigenvalue weighted by molar-refractivity contribution is 9.10. The number of halogens is 1. The Kier molecular flexibility index (Phi) is 2.94. The Labute approximate surface area is 134 Å². The molecule has 2 aromatic carbocycles. The van der Waals surface area contributed by atoms with E-state index in [1.807, 2.05) is 37.3 Å². The Bertz CT molecular complexity index is 1070. The highest BCUT2D eigenvalue weighted by Gasteiger charge is 2.15. The van der Waals surface area contributed by atoms with Crippen molar-refractivity contribution in [3.8, 4) is 11.1 Å². The average Bonchev–Trinajstić information content (AvgIpc) is 2.90. The van der Waals surface area contributed by atoms with Crippen LogP contribution in [0.15, 0.2) is 67.0 Å². The van der Waals surface area contributed by atoms with E-state index >= 15 is 0 Å². The summed E-state index contributed by atoms with van der Waals surface area (Å²) in [6, 6.07) is 11.2. The first-order valence-corrected chi connectivity index (χ1v) is 7.63. The van der Waals surface area contributed by atoms with Crippen molar-refractivity contribution in [3.05, 3.63) is 69.2 Å². The zero-order chi connectivity index (χ0) is 15.3. The lowest BCUT2D eigenvalue weighted by Crippen LogP contribution is -2.05. The topological polar surface area (TPSA) is 43.4 Å². The van der Waals surface area contributed by atoms with E-state index in [1.165, 1.54) is 6.26 Å². The fraction of sp³-hybridized carbons (Fsp3) is 0.0556. The molecule has 4 aromatic rings. The van der Waals surface area contributed by atoms with E-state index < -0.39 is 0 Å². The number of hydrogen-bond donors (Lipinski definition) is 0. The normalized spacial score (nSPS) is 11.4. The van der Waals surface area contributed by atoms with Crippen LogP contribution in [0.25, 0.3) is 33.1 Å². The minimum Gasteiger partial charge on any atom is -0.464 e. The first kappa shape index (κ1) is 13.3. The van der Waals surface area contributed by atoms with Crippen molar-refractivity contribution >= 4 is 37.9 Å². The van der Waals surface area contributed by atoms with Crippen molar-refractivity contribution in [2.45, 2.75) is 6.92 Å². The third-order valence-electron chi connectivity index (χ3n) is 3.82. The lowest BCUT2D eigenvalue weighted by atomic mass is 10.0. The standard InChI is InChI=1S/C18H11BrO3/c1-10-8-21-15-7-6-12-17(20)13(9-22-18(12)16(10)15)11-4-2-3-5-14(11)19/h2-9H,1H3. The van der Waals surface area contributed by atoms with E-state index in [4.69, 9.17) is 8.83 Å². The van der Waals surface area contributed by atoms with Crippen molar-refractivity contribution in [2.75, 3.05) is 0 Å². The molecule has 22 heavy (non-hydrogen) atoms. The second kappa shape index (κ2) is 4.85. The Morgan fingerprint density at radius 2 is 1.77 bits per heavy atom. The van der Waals surface area contributed by atoms with Crippen LogP contribution in [-0.4, -0.2) is 0 Å². The monoisotopic (exact) mass is 354 g/mol. The van der Waals surface area contributed by atoms with Gasteiger partial charge in [0.05, 0.1) is 22.6 Å². The zero-order valence-electron chi connectivity index (χ0n) is 11.7. The van der Waals surface area contributed by atoms with E-state index in [2.05, 4.69) is 15.9 Å². The van der Waals surface area contributed by atoms with Crippen LogP contribution < -0.4 is 5.43 Å². The van der Waals surface area contributed by atoms with Gasteiger partial charge in [0.1, 0.15) is 17.4 Å². The van der Waals surface area contributed by atoms with Gasteiger partial charge in [0.2, 0.25) is 5.43 Å². The van der Waals surface area contributed by atoms with Crippen molar-refractivity contribution < 1.29 is 8.83 Å². The van der Waals surface area contributed by atoms with Gasteiger partial charge in [0, 0.05) is 10.0 Å². The quantitative estimate of drug-likeness (QED) is 0.467. The number of hydrogen-bond acceptors (Lipinski definition) is 3. The molecule has 0 radical (unpaired) electrons. The van der Waals surface area contributed by atoms with Crippen LogP contribution in [0.4, 0.5) is 0 Å². The predicted octanol–water partition coefficient (Wildman–Crippen LogP) is 5.28. The summed E-state index contributed by atoms with van der Waals surface area (Å²) in [5.41, 5.74) is 3.57. The van der Waals surface area contributed by atoms with Gasteiger partial charge >= 0.3 is 0 Å². The Hall–Kier alpha value is -2.33. The van der Waals surface area contributed by atoms with Crippen LogP contribution in [0.2, 0.25) is 0 Å². The molecule has 0 aliphatic heterocycles. The van der Waals surface area contributed by atoms with Gasteiger partial charge in [-0.1, -0.05) is 34.1 Å². The van der Waals surface area contributed by atoms with Crippen molar-refractivity contribution in [3.63, 3.8) is 0 Å². The first-order chi connectivity index (χ1) is 10.7. The summed E-state index contributed by atoms with van der Waals surface area (Å²) in [4.78, 5) is 12.8. The van der Waals surface area contributed by atoms with Gasteiger partial charge in [0.25, 0.3) is 0 Å². The molecule has 0 spiro atoms. The second-order valence-electron chi connectivity index (χ2n) is 5.19. The second-order valence-corrected chi connectivity index (χ2v) is 6.05. The van der Waals surface area contributed by atoms with Crippen LogP contribution in [0.5, 0.6) is 0 Å². The molecule has 108 valence electrons. The predicted molar refractivity (Wildman–Crippen MR) is 90.1 cm³/mol. The van der Waals surface area contributed by atoms with Crippen LogP contribution in [0.1, 0.15) is 5.56 Å². The summed E-state index contributed by atoms with van der Waals surface area (Å²) < 4.78 is 12.1. The molecule has 2 aromatic heterocycles. The molecule has 0 amide bonds. The lowest BCUT2D eigenvalue weighted by molar-refractivity contribution is 0.604. The molecule has 0 bridgehead atoms. The molecule has 0 saturated heterocycles. The van der Waals surface area contributed by atoms with E-state index in [0.717, 1.165) is 26.6 Å². The summed E-state index contributed by atoms with van der Waals surface area (Å²) >= 11 is 3.48. The van der Waals surface area contributed by atoms with Crippen LogP contribution in [0.3, 0.4) is 0 Å². The van der Waals surface area contributed by atoms with Crippen molar-refractivity contribution in [2.24, 2.45) is 0 Å². The molecule has 0 aliphatic rings. The number of rotatable bonds is 1. The minimum atomic E-state index is -0.0457. The summed E-state index contributed by atoms with van der Waals surface area (Å²) in [5.74, 6) is 0. The van der Waals surface area contributed by atoms with Gasteiger partial charge in [-0.05, 0) is 30.7 Å². The highest BCUT2D eigenvalue weighted by Crippen LogP contribution is 2.31. The lowest BCUT2D eigenvalue weighted by Gasteiger charge is -2.05. The van der Waals surface area contributed by atoms with E-state index in [0.29, 0.717) is 16.5 Å². The fourth-order valence-corrected chi connectivity index (χ4v) is 3.23. The molecular formula is C18H11BrO3. The van der Waals surface area contributed by atoms with E-state index in [-0.39, 0.29) is 5.43 Å². The Morgan fingerprint density at radius 1 is 0.955 bits per heavy atom. The van der Waals surface area contributed by atoms with Crippen LogP contribution >= 0.6 is 15.9 Å². The fourth-order valence-electron chi connectivity index (χ4n) is 2.73. The summed E-state index contributed by atoms with van der Waals surface area (Å²) in [6.45, 7) is 1.94. The van der Waals surface area contributed by atoms with Crippen LogP contribution in [-0.2, 0) is 0 Å². The maximum atomic E-state index is 12.8. The smallest absolute Gasteiger partial charge is 0.200 e. The summed E-state index contributed by atoms with van der Waals surface area (Å²) in [7, 11) is 0. The molecule has 0 atom stereocenters. The minimum absolute atomic E-state index is 0.0457. The maximum absolute atomic E-state index is 12.8. The Morgan fingerprint density at radius 3 is 2.59 bits per heavy atom. The van der Waals surface area contributed by atoms with E-state index in [1.54, 1.807) is 12.3 Å². The van der Waals surface area contributed by atoms with Crippen molar-refractivity contribution in [1.29, 1.82) is 0 Å². The van der Waals surface area contributed by atoms with Gasteiger partial charge in [-0.2, -0.15) is 0 Å². The molecule has 3 nitrogen and oxygen atoms in total. The molecule has 0 aliphatic carbocycles. The maximum Gasteiger partial charge on any atom is 0.200 e. The molecule has 2 heterocycles. The largest absolute Gasteiger partial charge is 0.464 e. The summed E-state index contributed by atoms with van der Waals surface area (Å²) in [6.07, 6.45) is 3.20. The summed E-state index contributed by atoms with van der Waals surface area (Å²) in [5, 5.41) is 1.42. The van der Waals surface area contributed by atoms with Gasteiger partial charge < -0.3 is 8.83 Å². The van der Waals surface area contributed by atoms with Gasteiger partial charge in [-0.3, -0.25) is 4.79 Å².